The SMILES string of the molecule is CC(=O)N[C@H]1[C@@H](c2ccccc2)n2ncnc2N[C@H]1c1ccccc1. The number of hydrogen-bond donors (Lipinski definition) is 2. The smallest absolute Gasteiger partial charge is 0.222 e. The van der Waals surface area contributed by atoms with Gasteiger partial charge in [-0.2, -0.15) is 10.1 Å². The lowest BCUT2D eigenvalue weighted by Crippen LogP contribution is -2.50. The van der Waals surface area contributed by atoms with Gasteiger partial charge in [0.1, 0.15) is 12.4 Å². The highest BCUT2D eigenvalue weighted by atomic mass is 16.1. The van der Waals surface area contributed by atoms with Gasteiger partial charge in [-0.3, -0.25) is 4.79 Å². The molecule has 0 fully saturated rings. The predicted octanol–water partition coefficient (Wildman–Crippen LogP) is 2.54. The average molecular weight is 333 g/mol. The second kappa shape index (κ2) is 6.39. The molecule has 0 spiro atoms. The van der Waals surface area contributed by atoms with Crippen molar-refractivity contribution in [3.63, 3.8) is 0 Å². The van der Waals surface area contributed by atoms with E-state index in [1.165, 1.54) is 6.33 Å². The van der Waals surface area contributed by atoms with Gasteiger partial charge in [-0.15, -0.1) is 0 Å². The second-order valence-electron chi connectivity index (χ2n) is 6.14. The van der Waals surface area contributed by atoms with Gasteiger partial charge in [-0.05, 0) is 11.1 Å². The molecule has 3 atom stereocenters. The minimum absolute atomic E-state index is 0.0720. The fraction of sp³-hybridized carbons (Fsp3) is 0.211. The van der Waals surface area contributed by atoms with E-state index in [4.69, 9.17) is 0 Å². The summed E-state index contributed by atoms with van der Waals surface area (Å²) >= 11 is 0. The molecule has 2 aromatic carbocycles. The minimum Gasteiger partial charge on any atom is -0.349 e. The molecule has 0 bridgehead atoms. The highest BCUT2D eigenvalue weighted by molar-refractivity contribution is 5.73. The first-order chi connectivity index (χ1) is 12.2. The molecule has 1 aliphatic rings. The van der Waals surface area contributed by atoms with Crippen LogP contribution in [-0.2, 0) is 4.79 Å². The maximum absolute atomic E-state index is 11.9. The zero-order valence-electron chi connectivity index (χ0n) is 13.8. The molecule has 2 heterocycles. The van der Waals surface area contributed by atoms with E-state index < -0.39 is 0 Å². The summed E-state index contributed by atoms with van der Waals surface area (Å²) in [7, 11) is 0. The molecule has 6 nitrogen and oxygen atoms in total. The summed E-state index contributed by atoms with van der Waals surface area (Å²) in [6, 6.07) is 19.7. The Kier molecular flexibility index (Phi) is 3.93. The summed E-state index contributed by atoms with van der Waals surface area (Å²) in [6.07, 6.45) is 1.54. The Morgan fingerprint density at radius 1 is 1.04 bits per heavy atom. The van der Waals surface area contributed by atoms with Crippen molar-refractivity contribution >= 4 is 11.9 Å². The highest BCUT2D eigenvalue weighted by Gasteiger charge is 2.40. The summed E-state index contributed by atoms with van der Waals surface area (Å²) in [5.41, 5.74) is 2.17. The van der Waals surface area contributed by atoms with Gasteiger partial charge < -0.3 is 10.6 Å². The zero-order valence-corrected chi connectivity index (χ0v) is 13.8. The van der Waals surface area contributed by atoms with Gasteiger partial charge in [-0.1, -0.05) is 60.7 Å². The van der Waals surface area contributed by atoms with Crippen LogP contribution in [0.1, 0.15) is 30.1 Å². The highest BCUT2D eigenvalue weighted by Crippen LogP contribution is 2.37. The normalized spacial score (nSPS) is 21.9. The van der Waals surface area contributed by atoms with E-state index in [2.05, 4.69) is 45.0 Å². The van der Waals surface area contributed by atoms with E-state index in [9.17, 15) is 4.79 Å². The molecule has 1 aliphatic heterocycles. The fourth-order valence-corrected chi connectivity index (χ4v) is 3.47. The van der Waals surface area contributed by atoms with Crippen LogP contribution in [0.3, 0.4) is 0 Å². The number of nitrogens with zero attached hydrogens (tertiary/aromatic N) is 3. The van der Waals surface area contributed by atoms with Gasteiger partial charge >= 0.3 is 0 Å². The summed E-state index contributed by atoms with van der Waals surface area (Å²) in [5, 5.41) is 10.9. The number of carbonyl (C=O) groups is 1. The standard InChI is InChI=1S/C19H19N5O/c1-13(25)22-17-16(14-8-4-2-5-9-14)23-19-20-12-21-24(19)18(17)15-10-6-3-7-11-15/h2-12,16-18H,1H3,(H,22,25)(H,20,21,23)/t16-,17+,18+/m0/s1. The van der Waals surface area contributed by atoms with Crippen LogP contribution in [0.4, 0.5) is 5.95 Å². The van der Waals surface area contributed by atoms with Gasteiger partial charge in [0.05, 0.1) is 12.1 Å². The first kappa shape index (κ1) is 15.4. The number of nitrogens with one attached hydrogen (secondary N) is 2. The summed E-state index contributed by atoms with van der Waals surface area (Å²) < 4.78 is 1.84. The Hall–Kier alpha value is -3.15. The fourth-order valence-electron chi connectivity index (χ4n) is 3.47. The summed E-state index contributed by atoms with van der Waals surface area (Å²) in [6.45, 7) is 1.54. The Morgan fingerprint density at radius 3 is 2.32 bits per heavy atom. The molecule has 0 saturated carbocycles. The van der Waals surface area contributed by atoms with Crippen LogP contribution >= 0.6 is 0 Å². The Bertz CT molecular complexity index is 862. The average Bonchev–Trinajstić information content (AvgIpc) is 3.10. The van der Waals surface area contributed by atoms with Crippen molar-refractivity contribution in [2.24, 2.45) is 0 Å². The summed E-state index contributed by atoms with van der Waals surface area (Å²) in [4.78, 5) is 16.3. The molecule has 2 N–H and O–H groups in total. The van der Waals surface area contributed by atoms with Crippen LogP contribution in [0, 0.1) is 0 Å². The Labute approximate surface area is 145 Å². The topological polar surface area (TPSA) is 71.8 Å². The first-order valence-electron chi connectivity index (χ1n) is 8.27. The minimum atomic E-state index is -0.198. The first-order valence-corrected chi connectivity index (χ1v) is 8.27. The molecule has 0 unspecified atom stereocenters. The monoisotopic (exact) mass is 333 g/mol. The quantitative estimate of drug-likeness (QED) is 0.773. The van der Waals surface area contributed by atoms with E-state index in [-0.39, 0.29) is 24.0 Å². The van der Waals surface area contributed by atoms with Gasteiger partial charge in [0.15, 0.2) is 0 Å². The number of hydrogen-bond acceptors (Lipinski definition) is 4. The second-order valence-corrected chi connectivity index (χ2v) is 6.14. The van der Waals surface area contributed by atoms with E-state index in [0.29, 0.717) is 5.95 Å². The molecule has 25 heavy (non-hydrogen) atoms. The van der Waals surface area contributed by atoms with Gasteiger partial charge in [0, 0.05) is 6.92 Å². The van der Waals surface area contributed by atoms with Crippen molar-refractivity contribution in [1.82, 2.24) is 20.1 Å². The molecule has 126 valence electrons. The van der Waals surface area contributed by atoms with Crippen molar-refractivity contribution < 1.29 is 4.79 Å². The third-order valence-electron chi connectivity index (χ3n) is 4.49. The molecule has 4 rings (SSSR count). The van der Waals surface area contributed by atoms with E-state index >= 15 is 0 Å². The number of rotatable bonds is 3. The lowest BCUT2D eigenvalue weighted by molar-refractivity contribution is -0.120. The van der Waals surface area contributed by atoms with Crippen LogP contribution < -0.4 is 10.6 Å². The lowest BCUT2D eigenvalue weighted by Gasteiger charge is -2.39. The largest absolute Gasteiger partial charge is 0.349 e. The maximum Gasteiger partial charge on any atom is 0.222 e. The van der Waals surface area contributed by atoms with Crippen molar-refractivity contribution in [1.29, 1.82) is 0 Å². The van der Waals surface area contributed by atoms with Crippen molar-refractivity contribution in [3.05, 3.63) is 78.1 Å². The van der Waals surface area contributed by atoms with Crippen LogP contribution in [0.25, 0.3) is 0 Å². The van der Waals surface area contributed by atoms with Crippen molar-refractivity contribution in [2.75, 3.05) is 5.32 Å². The third kappa shape index (κ3) is 2.87. The Balaban J connectivity index is 1.85. The molecular formula is C19H19N5O. The number of carbonyl (C=O) groups excluding carboxylic acids is 1. The number of benzene rings is 2. The van der Waals surface area contributed by atoms with Crippen LogP contribution in [0.2, 0.25) is 0 Å². The van der Waals surface area contributed by atoms with Crippen LogP contribution in [0.15, 0.2) is 67.0 Å². The van der Waals surface area contributed by atoms with Crippen molar-refractivity contribution in [3.8, 4) is 0 Å². The molecule has 3 aromatic rings. The molecule has 0 aliphatic carbocycles. The number of fused-ring (bicyclic) bond motifs is 1. The molecule has 1 amide bonds. The van der Waals surface area contributed by atoms with Crippen LogP contribution in [-0.4, -0.2) is 26.7 Å². The van der Waals surface area contributed by atoms with Crippen LogP contribution in [0.5, 0.6) is 0 Å². The van der Waals surface area contributed by atoms with E-state index in [1.54, 1.807) is 6.92 Å². The molecule has 1 aromatic heterocycles. The lowest BCUT2D eigenvalue weighted by atomic mass is 9.88. The molecule has 0 radical (unpaired) electrons. The molecular weight excluding hydrogens is 314 g/mol. The van der Waals surface area contributed by atoms with E-state index in [0.717, 1.165) is 11.1 Å². The third-order valence-corrected chi connectivity index (χ3v) is 4.49. The Morgan fingerprint density at radius 2 is 1.68 bits per heavy atom. The summed E-state index contributed by atoms with van der Waals surface area (Å²) in [5.74, 6) is 0.626. The number of anilines is 1. The van der Waals surface area contributed by atoms with Gasteiger partial charge in [0.2, 0.25) is 11.9 Å². The predicted molar refractivity (Wildman–Crippen MR) is 95.0 cm³/mol. The van der Waals surface area contributed by atoms with E-state index in [1.807, 2.05) is 41.1 Å². The number of aromatic nitrogens is 3. The van der Waals surface area contributed by atoms with Gasteiger partial charge in [0.25, 0.3) is 0 Å². The molecule has 6 heteroatoms. The molecule has 0 saturated heterocycles. The zero-order chi connectivity index (χ0) is 17.2. The maximum atomic E-state index is 11.9. The van der Waals surface area contributed by atoms with Crippen molar-refractivity contribution in [2.45, 2.75) is 25.0 Å². The van der Waals surface area contributed by atoms with Gasteiger partial charge in [-0.25, -0.2) is 4.68 Å². The number of amides is 1.